The molecule has 1 amide bonds. The molecule has 0 unspecified atom stereocenters. The molecule has 0 radical (unpaired) electrons. The Morgan fingerprint density at radius 2 is 1.75 bits per heavy atom. The molecule has 1 heterocycles. The van der Waals surface area contributed by atoms with E-state index in [1.54, 1.807) is 12.1 Å². The lowest BCUT2D eigenvalue weighted by molar-refractivity contribution is 0.0750. The van der Waals surface area contributed by atoms with Gasteiger partial charge in [-0.1, -0.05) is 6.42 Å². The van der Waals surface area contributed by atoms with Gasteiger partial charge in [-0.05, 0) is 37.1 Å². The van der Waals surface area contributed by atoms with E-state index >= 15 is 0 Å². The van der Waals surface area contributed by atoms with Gasteiger partial charge in [0.15, 0.2) is 0 Å². The summed E-state index contributed by atoms with van der Waals surface area (Å²) in [6.45, 7) is 1.91. The van der Waals surface area contributed by atoms with Crippen molar-refractivity contribution in [3.63, 3.8) is 0 Å². The fourth-order valence-electron chi connectivity index (χ4n) is 1.83. The predicted octanol–water partition coefficient (Wildman–Crippen LogP) is 2.11. The Hall–Kier alpha value is -1.00. The monoisotopic (exact) mass is 236 g/mol. The first-order valence-corrected chi connectivity index (χ1v) is 6.05. The number of piperidine rings is 1. The van der Waals surface area contributed by atoms with Crippen LogP contribution in [0, 0.1) is 0 Å². The number of hydrazine groups is 1. The quantitative estimate of drug-likeness (QED) is 0.771. The van der Waals surface area contributed by atoms with Crippen LogP contribution in [-0.2, 0) is 0 Å². The maximum Gasteiger partial charge on any atom is 0.265 e. The molecule has 1 N–H and O–H groups in total. The second-order valence-electron chi connectivity index (χ2n) is 4.04. The third-order valence-electron chi connectivity index (χ3n) is 2.75. The van der Waals surface area contributed by atoms with Gasteiger partial charge < -0.3 is 0 Å². The summed E-state index contributed by atoms with van der Waals surface area (Å²) in [5.74, 6) is -0.0322. The van der Waals surface area contributed by atoms with Gasteiger partial charge in [0.2, 0.25) is 0 Å². The third kappa shape index (κ3) is 3.00. The lowest BCUT2D eigenvalue weighted by Crippen LogP contribution is -2.45. The predicted molar refractivity (Wildman–Crippen MR) is 66.6 cm³/mol. The number of nitrogens with one attached hydrogen (secondary N) is 1. The smallest absolute Gasteiger partial charge is 0.265 e. The molecule has 0 atom stereocenters. The van der Waals surface area contributed by atoms with Crippen molar-refractivity contribution in [1.82, 2.24) is 10.4 Å². The van der Waals surface area contributed by atoms with Crippen LogP contribution in [0.15, 0.2) is 29.2 Å². The van der Waals surface area contributed by atoms with Crippen LogP contribution in [0.2, 0.25) is 0 Å². The molecular formula is C12H16N2OS. The topological polar surface area (TPSA) is 32.3 Å². The van der Waals surface area contributed by atoms with E-state index in [0.29, 0.717) is 5.56 Å². The zero-order valence-corrected chi connectivity index (χ0v) is 10.0. The molecule has 1 aromatic rings. The van der Waals surface area contributed by atoms with Gasteiger partial charge in [-0.2, -0.15) is 0 Å². The van der Waals surface area contributed by atoms with Gasteiger partial charge in [0.25, 0.3) is 5.91 Å². The number of benzene rings is 1. The molecule has 0 bridgehead atoms. The van der Waals surface area contributed by atoms with Gasteiger partial charge in [-0.25, -0.2) is 5.01 Å². The number of nitrogens with zero attached hydrogens (tertiary/aromatic N) is 1. The maximum absolute atomic E-state index is 11.8. The summed E-state index contributed by atoms with van der Waals surface area (Å²) < 4.78 is 0. The average molecular weight is 236 g/mol. The molecule has 16 heavy (non-hydrogen) atoms. The van der Waals surface area contributed by atoms with Crippen molar-refractivity contribution in [3.8, 4) is 0 Å². The number of rotatable bonds is 2. The molecule has 86 valence electrons. The second kappa shape index (κ2) is 5.37. The lowest BCUT2D eigenvalue weighted by atomic mass is 10.1. The highest BCUT2D eigenvalue weighted by molar-refractivity contribution is 7.80. The molecule has 1 aromatic carbocycles. The van der Waals surface area contributed by atoms with Crippen LogP contribution in [-0.4, -0.2) is 24.0 Å². The van der Waals surface area contributed by atoms with Crippen LogP contribution in [0.25, 0.3) is 0 Å². The van der Waals surface area contributed by atoms with Gasteiger partial charge in [-0.3, -0.25) is 10.2 Å². The van der Waals surface area contributed by atoms with E-state index < -0.39 is 0 Å². The molecular weight excluding hydrogens is 220 g/mol. The van der Waals surface area contributed by atoms with E-state index in [1.807, 2.05) is 17.1 Å². The highest BCUT2D eigenvalue weighted by Crippen LogP contribution is 2.09. The highest BCUT2D eigenvalue weighted by atomic mass is 32.1. The van der Waals surface area contributed by atoms with Gasteiger partial charge in [0, 0.05) is 23.5 Å². The van der Waals surface area contributed by atoms with E-state index in [9.17, 15) is 4.79 Å². The van der Waals surface area contributed by atoms with E-state index in [0.717, 1.165) is 30.8 Å². The number of carbonyl (C=O) groups excluding carboxylic acids is 1. The first kappa shape index (κ1) is 11.5. The summed E-state index contributed by atoms with van der Waals surface area (Å²) in [5.41, 5.74) is 3.61. The number of thiol groups is 1. The number of hydrogen-bond acceptors (Lipinski definition) is 3. The molecule has 1 fully saturated rings. The molecule has 0 saturated carbocycles. The van der Waals surface area contributed by atoms with Crippen molar-refractivity contribution in [1.29, 1.82) is 0 Å². The van der Waals surface area contributed by atoms with E-state index in [1.165, 1.54) is 6.42 Å². The summed E-state index contributed by atoms with van der Waals surface area (Å²) in [6.07, 6.45) is 3.59. The Morgan fingerprint density at radius 1 is 1.12 bits per heavy atom. The summed E-state index contributed by atoms with van der Waals surface area (Å²) in [6, 6.07) is 7.24. The number of hydrogen-bond donors (Lipinski definition) is 2. The third-order valence-corrected chi connectivity index (χ3v) is 3.04. The minimum absolute atomic E-state index is 0.0322. The minimum Gasteiger partial charge on any atom is -0.285 e. The van der Waals surface area contributed by atoms with Crippen molar-refractivity contribution in [2.45, 2.75) is 24.2 Å². The van der Waals surface area contributed by atoms with Gasteiger partial charge >= 0.3 is 0 Å². The Labute approximate surface area is 101 Å². The van der Waals surface area contributed by atoms with E-state index in [2.05, 4.69) is 18.1 Å². The fraction of sp³-hybridized carbons (Fsp3) is 0.417. The molecule has 0 spiro atoms. The summed E-state index contributed by atoms with van der Waals surface area (Å²) in [5, 5.41) is 2.00. The highest BCUT2D eigenvalue weighted by Gasteiger charge is 2.13. The molecule has 1 aliphatic rings. The van der Waals surface area contributed by atoms with Gasteiger partial charge in [-0.15, -0.1) is 12.6 Å². The Kier molecular flexibility index (Phi) is 3.85. The van der Waals surface area contributed by atoms with Crippen LogP contribution in [0.4, 0.5) is 0 Å². The summed E-state index contributed by atoms with van der Waals surface area (Å²) >= 11 is 4.19. The van der Waals surface area contributed by atoms with E-state index in [4.69, 9.17) is 0 Å². The molecule has 0 aromatic heterocycles. The van der Waals surface area contributed by atoms with Crippen molar-refractivity contribution in [3.05, 3.63) is 29.8 Å². The fourth-order valence-corrected chi connectivity index (χ4v) is 1.98. The zero-order chi connectivity index (χ0) is 11.4. The first-order valence-electron chi connectivity index (χ1n) is 5.61. The zero-order valence-electron chi connectivity index (χ0n) is 9.15. The van der Waals surface area contributed by atoms with Gasteiger partial charge in [0.05, 0.1) is 0 Å². The van der Waals surface area contributed by atoms with E-state index in [-0.39, 0.29) is 5.91 Å². The van der Waals surface area contributed by atoms with Crippen molar-refractivity contribution >= 4 is 18.5 Å². The van der Waals surface area contributed by atoms with Crippen molar-refractivity contribution in [2.24, 2.45) is 0 Å². The Bertz CT molecular complexity index is 358. The lowest BCUT2D eigenvalue weighted by Gasteiger charge is -2.26. The van der Waals surface area contributed by atoms with Crippen molar-refractivity contribution in [2.75, 3.05) is 13.1 Å². The van der Waals surface area contributed by atoms with Crippen LogP contribution in [0.3, 0.4) is 0 Å². The maximum atomic E-state index is 11.8. The van der Waals surface area contributed by atoms with Crippen LogP contribution >= 0.6 is 12.6 Å². The second-order valence-corrected chi connectivity index (χ2v) is 4.55. The average Bonchev–Trinajstić information content (AvgIpc) is 2.31. The first-order chi connectivity index (χ1) is 7.75. The number of amides is 1. The Morgan fingerprint density at radius 3 is 2.38 bits per heavy atom. The standard InChI is InChI=1S/C12H16N2OS/c15-12(10-4-6-11(16)7-5-10)13-14-8-2-1-3-9-14/h4-7,16H,1-3,8-9H2,(H,13,15). The SMILES string of the molecule is O=C(NN1CCCCC1)c1ccc(S)cc1. The molecule has 4 heteroatoms. The summed E-state index contributed by atoms with van der Waals surface area (Å²) in [7, 11) is 0. The molecule has 2 rings (SSSR count). The summed E-state index contributed by atoms with van der Waals surface area (Å²) in [4.78, 5) is 12.7. The Balaban J connectivity index is 1.94. The molecule has 3 nitrogen and oxygen atoms in total. The van der Waals surface area contributed by atoms with Gasteiger partial charge in [0.1, 0.15) is 0 Å². The van der Waals surface area contributed by atoms with Crippen molar-refractivity contribution < 1.29 is 4.79 Å². The largest absolute Gasteiger partial charge is 0.285 e. The minimum atomic E-state index is -0.0322. The normalized spacial score (nSPS) is 17.1. The number of carbonyl (C=O) groups is 1. The molecule has 1 aliphatic heterocycles. The molecule has 0 aliphatic carbocycles. The van der Waals surface area contributed by atoms with Crippen LogP contribution in [0.1, 0.15) is 29.6 Å². The van der Waals surface area contributed by atoms with Crippen LogP contribution < -0.4 is 5.43 Å². The molecule has 1 saturated heterocycles. The van der Waals surface area contributed by atoms with Crippen LogP contribution in [0.5, 0.6) is 0 Å².